The lowest BCUT2D eigenvalue weighted by Crippen LogP contribution is -2.53. The second-order valence-electron chi connectivity index (χ2n) is 7.93. The standard InChI is InChI=1S/C22H25BrCl2N2O3/c1-14(21(29)26-22(2,3)4)27(12-15-5-8-17(24)9-6-15)20(28)13-30-19-10-7-16(23)11-18(19)25/h5-11,14H,12-13H2,1-4H3,(H,26,29)/t14-/m0/s1. The molecule has 0 unspecified atom stereocenters. The van der Waals surface area contributed by atoms with Gasteiger partial charge in [-0.25, -0.2) is 0 Å². The summed E-state index contributed by atoms with van der Waals surface area (Å²) in [4.78, 5) is 27.2. The molecule has 2 rings (SSSR count). The van der Waals surface area contributed by atoms with Crippen LogP contribution in [0.3, 0.4) is 0 Å². The summed E-state index contributed by atoms with van der Waals surface area (Å²) < 4.78 is 6.43. The molecule has 8 heteroatoms. The Morgan fingerprint density at radius 3 is 2.33 bits per heavy atom. The van der Waals surface area contributed by atoms with E-state index in [-0.39, 0.29) is 25.0 Å². The van der Waals surface area contributed by atoms with Crippen LogP contribution < -0.4 is 10.1 Å². The van der Waals surface area contributed by atoms with Crippen molar-refractivity contribution in [2.75, 3.05) is 6.61 Å². The first-order valence-electron chi connectivity index (χ1n) is 9.40. The smallest absolute Gasteiger partial charge is 0.261 e. The van der Waals surface area contributed by atoms with Crippen LogP contribution in [0.1, 0.15) is 33.3 Å². The van der Waals surface area contributed by atoms with Crippen molar-refractivity contribution >= 4 is 50.9 Å². The Bertz CT molecular complexity index is 898. The molecule has 1 N–H and O–H groups in total. The zero-order valence-electron chi connectivity index (χ0n) is 17.3. The van der Waals surface area contributed by atoms with E-state index in [1.807, 2.05) is 32.9 Å². The van der Waals surface area contributed by atoms with Crippen molar-refractivity contribution in [3.8, 4) is 5.75 Å². The molecule has 2 aromatic carbocycles. The molecule has 0 aliphatic rings. The molecular formula is C22H25BrCl2N2O3. The molecule has 0 heterocycles. The van der Waals surface area contributed by atoms with Gasteiger partial charge in [0.2, 0.25) is 5.91 Å². The Morgan fingerprint density at radius 1 is 1.13 bits per heavy atom. The van der Waals surface area contributed by atoms with Crippen LogP contribution in [-0.4, -0.2) is 34.9 Å². The number of hydrogen-bond donors (Lipinski definition) is 1. The van der Waals surface area contributed by atoms with Crippen molar-refractivity contribution in [1.29, 1.82) is 0 Å². The number of hydrogen-bond acceptors (Lipinski definition) is 3. The predicted octanol–water partition coefficient (Wildman–Crippen LogP) is 5.47. The Morgan fingerprint density at radius 2 is 1.77 bits per heavy atom. The molecule has 0 spiro atoms. The molecule has 0 saturated carbocycles. The van der Waals surface area contributed by atoms with E-state index in [0.29, 0.717) is 15.8 Å². The Kier molecular flexibility index (Phi) is 8.59. The maximum atomic E-state index is 13.0. The van der Waals surface area contributed by atoms with Gasteiger partial charge < -0.3 is 15.0 Å². The first-order valence-corrected chi connectivity index (χ1v) is 10.9. The van der Waals surface area contributed by atoms with E-state index in [1.54, 1.807) is 37.3 Å². The van der Waals surface area contributed by atoms with E-state index >= 15 is 0 Å². The monoisotopic (exact) mass is 514 g/mol. The Balaban J connectivity index is 2.18. The third-order valence-corrected chi connectivity index (χ3v) is 5.22. The van der Waals surface area contributed by atoms with Crippen LogP contribution in [0.15, 0.2) is 46.9 Å². The van der Waals surface area contributed by atoms with Gasteiger partial charge in [0, 0.05) is 21.6 Å². The zero-order chi connectivity index (χ0) is 22.5. The summed E-state index contributed by atoms with van der Waals surface area (Å²) in [7, 11) is 0. The quantitative estimate of drug-likeness (QED) is 0.532. The number of benzene rings is 2. The lowest BCUT2D eigenvalue weighted by Gasteiger charge is -2.31. The molecular weight excluding hydrogens is 491 g/mol. The first-order chi connectivity index (χ1) is 14.0. The van der Waals surface area contributed by atoms with Crippen molar-refractivity contribution in [3.05, 3.63) is 62.5 Å². The molecule has 0 saturated heterocycles. The van der Waals surface area contributed by atoms with Crippen LogP contribution >= 0.6 is 39.1 Å². The minimum Gasteiger partial charge on any atom is -0.482 e. The van der Waals surface area contributed by atoms with Crippen LogP contribution in [0.5, 0.6) is 5.75 Å². The first kappa shape index (κ1) is 24.5. The van der Waals surface area contributed by atoms with Gasteiger partial charge in [-0.2, -0.15) is 0 Å². The van der Waals surface area contributed by atoms with Crippen LogP contribution in [0, 0.1) is 0 Å². The maximum absolute atomic E-state index is 13.0. The van der Waals surface area contributed by atoms with Gasteiger partial charge in [-0.05, 0) is 63.6 Å². The largest absolute Gasteiger partial charge is 0.482 e. The molecule has 0 aliphatic heterocycles. The predicted molar refractivity (Wildman–Crippen MR) is 124 cm³/mol. The molecule has 0 radical (unpaired) electrons. The van der Waals surface area contributed by atoms with Gasteiger partial charge in [-0.15, -0.1) is 0 Å². The minimum absolute atomic E-state index is 0.242. The highest BCUT2D eigenvalue weighted by atomic mass is 79.9. The summed E-state index contributed by atoms with van der Waals surface area (Å²) in [5.41, 5.74) is 0.437. The van der Waals surface area contributed by atoms with Gasteiger partial charge in [-0.3, -0.25) is 9.59 Å². The number of carbonyl (C=O) groups excluding carboxylic acids is 2. The maximum Gasteiger partial charge on any atom is 0.261 e. The van der Waals surface area contributed by atoms with Crippen molar-refractivity contribution < 1.29 is 14.3 Å². The number of carbonyl (C=O) groups is 2. The van der Waals surface area contributed by atoms with E-state index in [1.165, 1.54) is 4.90 Å². The summed E-state index contributed by atoms with van der Waals surface area (Å²) in [5, 5.41) is 3.91. The van der Waals surface area contributed by atoms with E-state index in [9.17, 15) is 9.59 Å². The van der Waals surface area contributed by atoms with Crippen LogP contribution in [0.25, 0.3) is 0 Å². The molecule has 0 aliphatic carbocycles. The van der Waals surface area contributed by atoms with Gasteiger partial charge in [0.15, 0.2) is 6.61 Å². The molecule has 2 aromatic rings. The lowest BCUT2D eigenvalue weighted by atomic mass is 10.1. The molecule has 162 valence electrons. The van der Waals surface area contributed by atoms with Crippen molar-refractivity contribution in [2.45, 2.75) is 45.8 Å². The van der Waals surface area contributed by atoms with Crippen LogP contribution in [0.2, 0.25) is 10.0 Å². The second kappa shape index (κ2) is 10.5. The van der Waals surface area contributed by atoms with Crippen molar-refractivity contribution in [1.82, 2.24) is 10.2 Å². The zero-order valence-corrected chi connectivity index (χ0v) is 20.4. The fourth-order valence-corrected chi connectivity index (χ4v) is 3.51. The van der Waals surface area contributed by atoms with Crippen molar-refractivity contribution in [2.24, 2.45) is 0 Å². The number of nitrogens with one attached hydrogen (secondary N) is 1. The minimum atomic E-state index is -0.698. The average Bonchev–Trinajstić information content (AvgIpc) is 2.64. The summed E-state index contributed by atoms with van der Waals surface area (Å²) >= 11 is 15.5. The normalized spacial score (nSPS) is 12.2. The summed E-state index contributed by atoms with van der Waals surface area (Å²) in [6.07, 6.45) is 0. The summed E-state index contributed by atoms with van der Waals surface area (Å²) in [5.74, 6) is -0.182. The molecule has 5 nitrogen and oxygen atoms in total. The summed E-state index contributed by atoms with van der Waals surface area (Å²) in [6.45, 7) is 7.36. The molecule has 1 atom stereocenters. The van der Waals surface area contributed by atoms with E-state index < -0.39 is 11.6 Å². The van der Waals surface area contributed by atoms with E-state index in [2.05, 4.69) is 21.2 Å². The highest BCUT2D eigenvalue weighted by Gasteiger charge is 2.28. The number of nitrogens with zero attached hydrogens (tertiary/aromatic N) is 1. The molecule has 30 heavy (non-hydrogen) atoms. The third-order valence-electron chi connectivity index (χ3n) is 4.18. The molecule has 0 fully saturated rings. The van der Waals surface area contributed by atoms with Gasteiger partial charge in [-0.1, -0.05) is 51.3 Å². The highest BCUT2D eigenvalue weighted by molar-refractivity contribution is 9.10. The van der Waals surface area contributed by atoms with E-state index in [4.69, 9.17) is 27.9 Å². The lowest BCUT2D eigenvalue weighted by molar-refractivity contribution is -0.142. The fraction of sp³-hybridized carbons (Fsp3) is 0.364. The van der Waals surface area contributed by atoms with Crippen LogP contribution in [-0.2, 0) is 16.1 Å². The third kappa shape index (κ3) is 7.49. The topological polar surface area (TPSA) is 58.6 Å². The second-order valence-corrected chi connectivity index (χ2v) is 9.69. The highest BCUT2D eigenvalue weighted by Crippen LogP contribution is 2.27. The SMILES string of the molecule is C[C@@H](C(=O)NC(C)(C)C)N(Cc1ccc(Cl)cc1)C(=O)COc1ccc(Br)cc1Cl. The number of rotatable bonds is 7. The fourth-order valence-electron chi connectivity index (χ4n) is 2.66. The van der Waals surface area contributed by atoms with Crippen LogP contribution in [0.4, 0.5) is 0 Å². The molecule has 0 bridgehead atoms. The van der Waals surface area contributed by atoms with Gasteiger partial charge in [0.05, 0.1) is 5.02 Å². The molecule has 0 aromatic heterocycles. The van der Waals surface area contributed by atoms with Crippen molar-refractivity contribution in [3.63, 3.8) is 0 Å². The van der Waals surface area contributed by atoms with Gasteiger partial charge in [0.25, 0.3) is 5.91 Å². The van der Waals surface area contributed by atoms with Gasteiger partial charge >= 0.3 is 0 Å². The van der Waals surface area contributed by atoms with Gasteiger partial charge in [0.1, 0.15) is 11.8 Å². The molecule has 2 amide bonds. The number of amides is 2. The Labute approximate surface area is 195 Å². The van der Waals surface area contributed by atoms with E-state index in [0.717, 1.165) is 10.0 Å². The Hall–Kier alpha value is -1.76. The average molecular weight is 516 g/mol. The summed E-state index contributed by atoms with van der Waals surface area (Å²) in [6, 6.07) is 11.6. The number of ether oxygens (including phenoxy) is 1. The number of halogens is 3.